The average Bonchev–Trinajstić information content (AvgIpc) is 2.23. The van der Waals surface area contributed by atoms with Crippen LogP contribution in [0.4, 0.5) is 0 Å². The monoisotopic (exact) mass is 232 g/mol. The van der Waals surface area contributed by atoms with Gasteiger partial charge in [-0.05, 0) is 69.4 Å². The first-order valence-electron chi connectivity index (χ1n) is 5.87. The molecule has 2 heteroatoms. The minimum Gasteiger partial charge on any atom is -0.300 e. The Kier molecular flexibility index (Phi) is 3.87. The van der Waals surface area contributed by atoms with Crippen LogP contribution in [0.2, 0.25) is 0 Å². The third-order valence-corrected chi connectivity index (χ3v) is 3.69. The van der Waals surface area contributed by atoms with Gasteiger partial charge in [0.25, 0.3) is 0 Å². The van der Waals surface area contributed by atoms with Crippen molar-refractivity contribution in [3.63, 3.8) is 0 Å². The molecule has 0 N–H and O–H groups in total. The molecule has 0 spiro atoms. The molecule has 0 aliphatic carbocycles. The van der Waals surface area contributed by atoms with Crippen LogP contribution in [0.25, 0.3) is 0 Å². The molecule has 0 amide bonds. The second-order valence-electron chi connectivity index (χ2n) is 4.80. The van der Waals surface area contributed by atoms with Crippen LogP contribution >= 0.6 is 0 Å². The molecule has 0 bridgehead atoms. The smallest absolute Gasteiger partial charge is 0.170 e. The summed E-state index contributed by atoms with van der Waals surface area (Å²) >= 11 is 0. The van der Waals surface area contributed by atoms with Crippen LogP contribution in [-0.4, -0.2) is 11.6 Å². The summed E-state index contributed by atoms with van der Waals surface area (Å²) in [6, 6.07) is 0. The number of ketones is 2. The second kappa shape index (κ2) is 4.82. The Hall–Kier alpha value is -1.44. The van der Waals surface area contributed by atoms with Gasteiger partial charge >= 0.3 is 0 Å². The van der Waals surface area contributed by atoms with E-state index in [1.807, 2.05) is 27.7 Å². The summed E-state index contributed by atoms with van der Waals surface area (Å²) in [5.74, 6) is -0.136. The molecule has 1 aromatic rings. The molecular formula is C15H20O2. The molecule has 0 aliphatic rings. The minimum atomic E-state index is -0.0790. The fourth-order valence-electron chi connectivity index (χ4n) is 2.23. The quantitative estimate of drug-likeness (QED) is 0.591. The van der Waals surface area contributed by atoms with E-state index in [-0.39, 0.29) is 18.0 Å². The van der Waals surface area contributed by atoms with E-state index in [2.05, 4.69) is 6.92 Å². The summed E-state index contributed by atoms with van der Waals surface area (Å²) in [5.41, 5.74) is 6.30. The Balaban J connectivity index is 3.44. The maximum absolute atomic E-state index is 12.1. The van der Waals surface area contributed by atoms with Crippen molar-refractivity contribution in [2.45, 2.75) is 48.0 Å². The van der Waals surface area contributed by atoms with Crippen molar-refractivity contribution in [3.8, 4) is 0 Å². The fourth-order valence-corrected chi connectivity index (χ4v) is 2.23. The normalized spacial score (nSPS) is 10.5. The van der Waals surface area contributed by atoms with Gasteiger partial charge in [0, 0.05) is 5.56 Å². The fraction of sp³-hybridized carbons (Fsp3) is 0.467. The summed E-state index contributed by atoms with van der Waals surface area (Å²) in [6.45, 7) is 11.5. The SMILES string of the molecule is CC(=O)CC(=O)c1c(C)c(C)c(C)c(C)c1C. The third kappa shape index (κ3) is 2.46. The molecule has 0 heterocycles. The van der Waals surface area contributed by atoms with Crippen LogP contribution in [-0.2, 0) is 4.79 Å². The predicted octanol–water partition coefficient (Wildman–Crippen LogP) is 3.39. The first-order valence-corrected chi connectivity index (χ1v) is 5.87. The standard InChI is InChI=1S/C15H20O2/c1-8(16)7-14(17)15-12(5)10(3)9(2)11(4)13(15)6/h7H2,1-6H3. The van der Waals surface area contributed by atoms with Crippen molar-refractivity contribution < 1.29 is 9.59 Å². The second-order valence-corrected chi connectivity index (χ2v) is 4.80. The number of carbonyl (C=O) groups is 2. The Bertz CT molecular complexity index is 467. The summed E-state index contributed by atoms with van der Waals surface area (Å²) in [6.07, 6.45) is 0.00359. The maximum atomic E-state index is 12.1. The first kappa shape index (κ1) is 13.6. The molecule has 0 fully saturated rings. The van der Waals surface area contributed by atoms with Crippen LogP contribution in [0.5, 0.6) is 0 Å². The molecule has 2 nitrogen and oxygen atoms in total. The zero-order valence-corrected chi connectivity index (χ0v) is 11.5. The third-order valence-electron chi connectivity index (χ3n) is 3.69. The van der Waals surface area contributed by atoms with Crippen molar-refractivity contribution in [1.29, 1.82) is 0 Å². The number of rotatable bonds is 3. The van der Waals surface area contributed by atoms with Crippen molar-refractivity contribution >= 4 is 11.6 Å². The topological polar surface area (TPSA) is 34.1 Å². The van der Waals surface area contributed by atoms with Gasteiger partial charge in [-0.3, -0.25) is 9.59 Å². The molecule has 17 heavy (non-hydrogen) atoms. The van der Waals surface area contributed by atoms with Crippen molar-refractivity contribution in [3.05, 3.63) is 33.4 Å². The lowest BCUT2D eigenvalue weighted by Gasteiger charge is -2.17. The average molecular weight is 232 g/mol. The summed E-state index contributed by atoms with van der Waals surface area (Å²) in [4.78, 5) is 23.2. The van der Waals surface area contributed by atoms with E-state index in [1.165, 1.54) is 12.5 Å². The highest BCUT2D eigenvalue weighted by Gasteiger charge is 2.18. The number of benzene rings is 1. The van der Waals surface area contributed by atoms with E-state index >= 15 is 0 Å². The maximum Gasteiger partial charge on any atom is 0.170 e. The van der Waals surface area contributed by atoms with E-state index in [0.29, 0.717) is 0 Å². The molecule has 0 radical (unpaired) electrons. The Labute approximate surface area is 103 Å². The molecule has 1 aromatic carbocycles. The van der Waals surface area contributed by atoms with Crippen molar-refractivity contribution in [2.24, 2.45) is 0 Å². The highest BCUT2D eigenvalue weighted by Crippen LogP contribution is 2.26. The van der Waals surface area contributed by atoms with Crippen molar-refractivity contribution in [1.82, 2.24) is 0 Å². The lowest BCUT2D eigenvalue weighted by atomic mass is 9.87. The van der Waals surface area contributed by atoms with Gasteiger partial charge in [-0.15, -0.1) is 0 Å². The van der Waals surface area contributed by atoms with Crippen LogP contribution in [0.3, 0.4) is 0 Å². The van der Waals surface area contributed by atoms with Crippen LogP contribution < -0.4 is 0 Å². The zero-order chi connectivity index (χ0) is 13.3. The van der Waals surface area contributed by atoms with Gasteiger partial charge in [-0.1, -0.05) is 0 Å². The largest absolute Gasteiger partial charge is 0.300 e. The van der Waals surface area contributed by atoms with Gasteiger partial charge in [0.05, 0.1) is 6.42 Å². The Morgan fingerprint density at radius 1 is 0.765 bits per heavy atom. The molecule has 92 valence electrons. The first-order chi connectivity index (χ1) is 7.77. The molecule has 0 unspecified atom stereocenters. The zero-order valence-electron chi connectivity index (χ0n) is 11.5. The highest BCUT2D eigenvalue weighted by atomic mass is 16.1. The lowest BCUT2D eigenvalue weighted by molar-refractivity contribution is -0.116. The lowest BCUT2D eigenvalue weighted by Crippen LogP contribution is -2.12. The number of Topliss-reactive ketones (excluding diaryl/α,β-unsaturated/α-hetero) is 2. The summed E-state index contributed by atoms with van der Waals surface area (Å²) in [7, 11) is 0. The Morgan fingerprint density at radius 3 is 1.47 bits per heavy atom. The van der Waals surface area contributed by atoms with Crippen LogP contribution in [0.15, 0.2) is 0 Å². The van der Waals surface area contributed by atoms with Gasteiger partial charge in [-0.2, -0.15) is 0 Å². The van der Waals surface area contributed by atoms with Gasteiger partial charge in [-0.25, -0.2) is 0 Å². The van der Waals surface area contributed by atoms with Crippen molar-refractivity contribution in [2.75, 3.05) is 0 Å². The van der Waals surface area contributed by atoms with Gasteiger partial charge < -0.3 is 0 Å². The molecule has 0 aliphatic heterocycles. The molecular weight excluding hydrogens is 212 g/mol. The van der Waals surface area contributed by atoms with E-state index < -0.39 is 0 Å². The van der Waals surface area contributed by atoms with Gasteiger partial charge in [0.15, 0.2) is 5.78 Å². The molecule has 0 saturated heterocycles. The molecule has 1 rings (SSSR count). The number of hydrogen-bond acceptors (Lipinski definition) is 2. The summed E-state index contributed by atoms with van der Waals surface area (Å²) in [5, 5.41) is 0. The van der Waals surface area contributed by atoms with E-state index in [0.717, 1.165) is 27.8 Å². The molecule has 0 atom stereocenters. The summed E-state index contributed by atoms with van der Waals surface area (Å²) < 4.78 is 0. The van der Waals surface area contributed by atoms with Gasteiger partial charge in [0.2, 0.25) is 0 Å². The van der Waals surface area contributed by atoms with E-state index in [1.54, 1.807) is 0 Å². The van der Waals surface area contributed by atoms with Crippen LogP contribution in [0, 0.1) is 34.6 Å². The number of hydrogen-bond donors (Lipinski definition) is 0. The highest BCUT2D eigenvalue weighted by molar-refractivity contribution is 6.09. The predicted molar refractivity (Wildman–Crippen MR) is 69.8 cm³/mol. The minimum absolute atomic E-state index is 0.00359. The molecule has 0 saturated carbocycles. The van der Waals surface area contributed by atoms with Crippen LogP contribution in [0.1, 0.15) is 51.5 Å². The number of carbonyl (C=O) groups excluding carboxylic acids is 2. The van der Waals surface area contributed by atoms with E-state index in [4.69, 9.17) is 0 Å². The van der Waals surface area contributed by atoms with Gasteiger partial charge in [0.1, 0.15) is 5.78 Å². The van der Waals surface area contributed by atoms with E-state index in [9.17, 15) is 9.59 Å². The Morgan fingerprint density at radius 2 is 1.12 bits per heavy atom. The molecule has 0 aromatic heterocycles.